The van der Waals surface area contributed by atoms with E-state index in [-0.39, 0.29) is 17.9 Å². The predicted octanol–water partition coefficient (Wildman–Crippen LogP) is 2.29. The van der Waals surface area contributed by atoms with Gasteiger partial charge in [0.15, 0.2) is 0 Å². The molecular formula is C22H29N5O2. The summed E-state index contributed by atoms with van der Waals surface area (Å²) in [7, 11) is 1.70. The molecule has 0 saturated heterocycles. The van der Waals surface area contributed by atoms with Crippen LogP contribution >= 0.6 is 0 Å². The molecule has 4 rings (SSSR count). The van der Waals surface area contributed by atoms with Crippen LogP contribution in [0.25, 0.3) is 0 Å². The monoisotopic (exact) mass is 395 g/mol. The van der Waals surface area contributed by atoms with Crippen LogP contribution in [0.15, 0.2) is 30.5 Å². The number of nitrogens with one attached hydrogen (secondary N) is 1. The molecular weight excluding hydrogens is 366 g/mol. The van der Waals surface area contributed by atoms with Gasteiger partial charge in [0.25, 0.3) is 5.91 Å². The van der Waals surface area contributed by atoms with Gasteiger partial charge in [-0.2, -0.15) is 5.10 Å². The number of nitrogens with zero attached hydrogens (tertiary/aromatic N) is 3. The van der Waals surface area contributed by atoms with Crippen molar-refractivity contribution in [2.75, 3.05) is 18.8 Å². The van der Waals surface area contributed by atoms with E-state index in [0.29, 0.717) is 42.7 Å². The van der Waals surface area contributed by atoms with Gasteiger partial charge in [-0.25, -0.2) is 0 Å². The van der Waals surface area contributed by atoms with Gasteiger partial charge in [-0.15, -0.1) is 0 Å². The Morgan fingerprint density at radius 2 is 2.07 bits per heavy atom. The van der Waals surface area contributed by atoms with Crippen LogP contribution in [0.1, 0.15) is 53.7 Å². The van der Waals surface area contributed by atoms with E-state index in [9.17, 15) is 9.59 Å². The van der Waals surface area contributed by atoms with Crippen LogP contribution in [0.2, 0.25) is 0 Å². The highest BCUT2D eigenvalue weighted by molar-refractivity contribution is 5.98. The third kappa shape index (κ3) is 3.99. The fourth-order valence-electron chi connectivity index (χ4n) is 4.30. The number of aryl methyl sites for hydroxylation is 1. The van der Waals surface area contributed by atoms with Gasteiger partial charge in [-0.1, -0.05) is 31.2 Å². The summed E-state index contributed by atoms with van der Waals surface area (Å²) in [5, 5.41) is 7.00. The lowest BCUT2D eigenvalue weighted by Crippen LogP contribution is -2.45. The minimum Gasteiger partial charge on any atom is -0.383 e. The van der Waals surface area contributed by atoms with E-state index in [1.807, 2.05) is 17.0 Å². The van der Waals surface area contributed by atoms with E-state index in [1.165, 1.54) is 29.3 Å². The SMILES string of the molecule is CC(CC(=O)N1CCc2ccccc2C1CNC(=O)c1cnn(C)c1N)C1CC1. The molecule has 0 radical (unpaired) electrons. The minimum absolute atomic E-state index is 0.166. The molecule has 3 N–H and O–H groups in total. The molecule has 0 spiro atoms. The molecule has 2 atom stereocenters. The fourth-order valence-corrected chi connectivity index (χ4v) is 4.30. The van der Waals surface area contributed by atoms with Crippen molar-refractivity contribution in [1.82, 2.24) is 20.0 Å². The summed E-state index contributed by atoms with van der Waals surface area (Å²) in [4.78, 5) is 27.7. The largest absolute Gasteiger partial charge is 0.383 e. The molecule has 2 unspecified atom stereocenters. The summed E-state index contributed by atoms with van der Waals surface area (Å²) >= 11 is 0. The van der Waals surface area contributed by atoms with Crippen molar-refractivity contribution in [2.24, 2.45) is 18.9 Å². The van der Waals surface area contributed by atoms with E-state index >= 15 is 0 Å². The van der Waals surface area contributed by atoms with Crippen molar-refractivity contribution >= 4 is 17.6 Å². The van der Waals surface area contributed by atoms with Crippen LogP contribution in [0.3, 0.4) is 0 Å². The van der Waals surface area contributed by atoms with Crippen LogP contribution in [-0.4, -0.2) is 39.6 Å². The summed E-state index contributed by atoms with van der Waals surface area (Å²) in [6.07, 6.45) is 5.37. The molecule has 1 aromatic heterocycles. The maximum Gasteiger partial charge on any atom is 0.256 e. The average Bonchev–Trinajstić information content (AvgIpc) is 3.52. The number of hydrogen-bond donors (Lipinski definition) is 2. The Bertz CT molecular complexity index is 918. The lowest BCUT2D eigenvalue weighted by molar-refractivity contribution is -0.135. The minimum atomic E-state index is -0.266. The number of amides is 2. The molecule has 7 nitrogen and oxygen atoms in total. The number of benzene rings is 1. The molecule has 2 aromatic rings. The van der Waals surface area contributed by atoms with E-state index in [1.54, 1.807) is 7.05 Å². The highest BCUT2D eigenvalue weighted by Crippen LogP contribution is 2.39. The Labute approximate surface area is 171 Å². The Hall–Kier alpha value is -2.83. The Morgan fingerprint density at radius 1 is 1.31 bits per heavy atom. The fraction of sp³-hybridized carbons (Fsp3) is 0.500. The van der Waals surface area contributed by atoms with Gasteiger partial charge in [0, 0.05) is 26.6 Å². The van der Waals surface area contributed by atoms with Crippen LogP contribution < -0.4 is 11.1 Å². The third-order valence-electron chi connectivity index (χ3n) is 6.34. The number of hydrogen-bond acceptors (Lipinski definition) is 4. The second kappa shape index (κ2) is 7.89. The number of aromatic nitrogens is 2. The van der Waals surface area contributed by atoms with Gasteiger partial charge in [-0.05, 0) is 42.2 Å². The van der Waals surface area contributed by atoms with E-state index < -0.39 is 0 Å². The number of carbonyl (C=O) groups excluding carboxylic acids is 2. The molecule has 2 amide bonds. The Balaban J connectivity index is 1.51. The molecule has 2 aliphatic rings. The van der Waals surface area contributed by atoms with Crippen molar-refractivity contribution in [3.05, 3.63) is 47.2 Å². The molecule has 0 bridgehead atoms. The highest BCUT2D eigenvalue weighted by atomic mass is 16.2. The lowest BCUT2D eigenvalue weighted by Gasteiger charge is -2.38. The van der Waals surface area contributed by atoms with E-state index in [4.69, 9.17) is 5.73 Å². The lowest BCUT2D eigenvalue weighted by atomic mass is 9.91. The molecule has 1 saturated carbocycles. The van der Waals surface area contributed by atoms with Crippen LogP contribution in [0.4, 0.5) is 5.82 Å². The molecule has 154 valence electrons. The number of nitrogen functional groups attached to an aromatic ring is 1. The first-order valence-electron chi connectivity index (χ1n) is 10.4. The van der Waals surface area contributed by atoms with Crippen molar-refractivity contribution in [3.63, 3.8) is 0 Å². The van der Waals surface area contributed by atoms with Gasteiger partial charge >= 0.3 is 0 Å². The number of rotatable bonds is 6. The number of carbonyl (C=O) groups is 2. The van der Waals surface area contributed by atoms with E-state index in [0.717, 1.165) is 12.0 Å². The average molecular weight is 396 g/mol. The Kier molecular flexibility index (Phi) is 5.30. The van der Waals surface area contributed by atoms with Gasteiger partial charge in [0.2, 0.25) is 5.91 Å². The van der Waals surface area contributed by atoms with Gasteiger partial charge in [-0.3, -0.25) is 14.3 Å². The first-order chi connectivity index (χ1) is 14.0. The second-order valence-corrected chi connectivity index (χ2v) is 8.35. The summed E-state index contributed by atoms with van der Waals surface area (Å²) < 4.78 is 1.47. The topological polar surface area (TPSA) is 93.2 Å². The van der Waals surface area contributed by atoms with Crippen molar-refractivity contribution in [3.8, 4) is 0 Å². The van der Waals surface area contributed by atoms with E-state index in [2.05, 4.69) is 29.5 Å². The van der Waals surface area contributed by atoms with Gasteiger partial charge in [0.05, 0.1) is 12.2 Å². The molecule has 1 aromatic carbocycles. The smallest absolute Gasteiger partial charge is 0.256 e. The highest BCUT2D eigenvalue weighted by Gasteiger charge is 2.35. The number of nitrogens with two attached hydrogens (primary N) is 1. The van der Waals surface area contributed by atoms with Gasteiger partial charge in [0.1, 0.15) is 11.4 Å². The maximum absolute atomic E-state index is 13.1. The first-order valence-corrected chi connectivity index (χ1v) is 10.4. The first kappa shape index (κ1) is 19.5. The third-order valence-corrected chi connectivity index (χ3v) is 6.34. The summed E-state index contributed by atoms with van der Waals surface area (Å²) in [6, 6.07) is 8.03. The zero-order chi connectivity index (χ0) is 20.5. The zero-order valence-corrected chi connectivity index (χ0v) is 17.1. The standard InChI is InChI=1S/C22H29N5O2/c1-14(15-7-8-15)11-20(28)27-10-9-16-5-3-4-6-17(16)19(27)13-24-22(29)18-12-25-26(2)21(18)23/h3-6,12,14-15,19H,7-11,13,23H2,1-2H3,(H,24,29). The summed E-state index contributed by atoms with van der Waals surface area (Å²) in [6.45, 7) is 3.21. The second-order valence-electron chi connectivity index (χ2n) is 8.35. The molecule has 1 aliphatic heterocycles. The van der Waals surface area contributed by atoms with Gasteiger partial charge < -0.3 is 16.0 Å². The molecule has 1 fully saturated rings. The van der Waals surface area contributed by atoms with Crippen molar-refractivity contribution < 1.29 is 9.59 Å². The summed E-state index contributed by atoms with van der Waals surface area (Å²) in [5.41, 5.74) is 8.65. The number of anilines is 1. The van der Waals surface area contributed by atoms with Crippen LogP contribution in [-0.2, 0) is 18.3 Å². The maximum atomic E-state index is 13.1. The van der Waals surface area contributed by atoms with Crippen molar-refractivity contribution in [1.29, 1.82) is 0 Å². The molecule has 7 heteroatoms. The number of fused-ring (bicyclic) bond motifs is 1. The summed E-state index contributed by atoms with van der Waals surface area (Å²) in [5.74, 6) is 1.36. The van der Waals surface area contributed by atoms with Crippen LogP contribution in [0, 0.1) is 11.8 Å². The van der Waals surface area contributed by atoms with Crippen molar-refractivity contribution in [2.45, 2.75) is 38.6 Å². The Morgan fingerprint density at radius 3 is 2.76 bits per heavy atom. The predicted molar refractivity (Wildman–Crippen MR) is 111 cm³/mol. The normalized spacial score (nSPS) is 19.5. The van der Waals surface area contributed by atoms with Crippen LogP contribution in [0.5, 0.6) is 0 Å². The molecule has 1 aliphatic carbocycles. The molecule has 29 heavy (non-hydrogen) atoms. The zero-order valence-electron chi connectivity index (χ0n) is 17.1. The quantitative estimate of drug-likeness (QED) is 0.785. The molecule has 2 heterocycles.